The fourth-order valence-electron chi connectivity index (χ4n) is 4.06. The number of pyridine rings is 1. The minimum Gasteiger partial charge on any atom is -0.383 e. The predicted molar refractivity (Wildman–Crippen MR) is 133 cm³/mol. The summed E-state index contributed by atoms with van der Waals surface area (Å²) in [5, 5.41) is 19.7. The summed E-state index contributed by atoms with van der Waals surface area (Å²) in [5.41, 5.74) is 12.4. The van der Waals surface area contributed by atoms with E-state index in [-0.39, 0.29) is 0 Å². The molecule has 4 rings (SSSR count). The molecule has 0 atom stereocenters. The molecular formula is C26H28N8O. The van der Waals surface area contributed by atoms with Crippen molar-refractivity contribution in [3.8, 4) is 17.3 Å². The van der Waals surface area contributed by atoms with Crippen LogP contribution in [0.3, 0.4) is 0 Å². The highest BCUT2D eigenvalue weighted by Crippen LogP contribution is 2.26. The van der Waals surface area contributed by atoms with Gasteiger partial charge in [0, 0.05) is 24.9 Å². The number of hydrogen-bond acceptors (Lipinski definition) is 9. The molecule has 178 valence electrons. The summed E-state index contributed by atoms with van der Waals surface area (Å²) in [5.74, 6) is 0.496. The van der Waals surface area contributed by atoms with Crippen molar-refractivity contribution >= 4 is 11.6 Å². The van der Waals surface area contributed by atoms with Crippen LogP contribution in [0.5, 0.6) is 0 Å². The Balaban J connectivity index is 1.61. The Morgan fingerprint density at radius 1 is 1.14 bits per heavy atom. The van der Waals surface area contributed by atoms with Crippen molar-refractivity contribution in [3.63, 3.8) is 0 Å². The van der Waals surface area contributed by atoms with Crippen LogP contribution in [0.15, 0.2) is 59.8 Å². The van der Waals surface area contributed by atoms with Crippen LogP contribution < -0.4 is 10.6 Å². The molecule has 1 aliphatic carbocycles. The zero-order valence-corrected chi connectivity index (χ0v) is 19.7. The van der Waals surface area contributed by atoms with E-state index in [1.165, 1.54) is 12.8 Å². The van der Waals surface area contributed by atoms with E-state index in [1.807, 2.05) is 30.3 Å². The minimum absolute atomic E-state index is 0.326. The maximum absolute atomic E-state index is 9.31. The molecule has 1 aromatic carbocycles. The molecule has 0 aliphatic heterocycles. The molecule has 0 amide bonds. The number of hydrogen-bond donors (Lipinski definition) is 3. The average molecular weight is 469 g/mol. The van der Waals surface area contributed by atoms with Gasteiger partial charge >= 0.3 is 0 Å². The first kappa shape index (κ1) is 24.0. The van der Waals surface area contributed by atoms with Gasteiger partial charge in [0.1, 0.15) is 5.70 Å². The standard InChI is InChI=1S/C26H28N8O/c1-35-17-22-11-5-10-21(30-22)15-29-16-25(34-28)24-13-23(19-7-4-6-18(12-19)14-27)32-26(33-24)31-20-8-2-3-9-20/h4-7,10-13,16,20,28-29H,2-3,8-9,15,17H2,1H3,(H,31,32,33)/b25-16-,34-28?. The zero-order valence-electron chi connectivity index (χ0n) is 19.7. The second-order valence-corrected chi connectivity index (χ2v) is 8.36. The van der Waals surface area contributed by atoms with Crippen LogP contribution in [0.4, 0.5) is 5.95 Å². The molecule has 0 radical (unpaired) electrons. The first-order valence-electron chi connectivity index (χ1n) is 11.6. The Morgan fingerprint density at radius 2 is 1.94 bits per heavy atom. The van der Waals surface area contributed by atoms with Crippen LogP contribution in [0, 0.1) is 16.9 Å². The van der Waals surface area contributed by atoms with Crippen molar-refractivity contribution in [2.24, 2.45) is 5.11 Å². The van der Waals surface area contributed by atoms with Gasteiger partial charge in [0.05, 0.1) is 47.6 Å². The summed E-state index contributed by atoms with van der Waals surface area (Å²) in [7, 11) is 1.64. The highest BCUT2D eigenvalue weighted by atomic mass is 16.5. The van der Waals surface area contributed by atoms with Gasteiger partial charge in [0.2, 0.25) is 5.95 Å². The molecular weight excluding hydrogens is 440 g/mol. The average Bonchev–Trinajstić information content (AvgIpc) is 3.40. The first-order chi connectivity index (χ1) is 17.2. The molecule has 3 N–H and O–H groups in total. The smallest absolute Gasteiger partial charge is 0.224 e. The van der Waals surface area contributed by atoms with Crippen molar-refractivity contribution in [2.75, 3.05) is 12.4 Å². The van der Waals surface area contributed by atoms with Gasteiger partial charge in [-0.2, -0.15) is 10.4 Å². The zero-order chi connectivity index (χ0) is 24.5. The first-order valence-corrected chi connectivity index (χ1v) is 11.6. The largest absolute Gasteiger partial charge is 0.383 e. The van der Waals surface area contributed by atoms with Crippen molar-refractivity contribution in [1.82, 2.24) is 20.3 Å². The Kier molecular flexibility index (Phi) is 8.09. The fraction of sp³-hybridized carbons (Fsp3) is 0.308. The van der Waals surface area contributed by atoms with Crippen LogP contribution in [-0.4, -0.2) is 28.1 Å². The van der Waals surface area contributed by atoms with Gasteiger partial charge in [-0.3, -0.25) is 4.98 Å². The second-order valence-electron chi connectivity index (χ2n) is 8.36. The molecule has 0 saturated heterocycles. The Bertz CT molecular complexity index is 1240. The van der Waals surface area contributed by atoms with E-state index in [2.05, 4.69) is 31.8 Å². The normalized spacial score (nSPS) is 13.9. The van der Waals surface area contributed by atoms with E-state index in [1.54, 1.807) is 31.5 Å². The summed E-state index contributed by atoms with van der Waals surface area (Å²) >= 11 is 0. The fourth-order valence-corrected chi connectivity index (χ4v) is 4.06. The van der Waals surface area contributed by atoms with E-state index >= 15 is 0 Å². The molecule has 0 unspecified atom stereocenters. The van der Waals surface area contributed by atoms with Crippen molar-refractivity contribution in [3.05, 3.63) is 77.4 Å². The monoisotopic (exact) mass is 468 g/mol. The third-order valence-electron chi connectivity index (χ3n) is 5.76. The van der Waals surface area contributed by atoms with E-state index in [0.717, 1.165) is 29.8 Å². The van der Waals surface area contributed by atoms with Gasteiger partial charge in [-0.05, 0) is 43.2 Å². The maximum Gasteiger partial charge on any atom is 0.224 e. The molecule has 2 aromatic heterocycles. The Hall–Kier alpha value is -4.16. The van der Waals surface area contributed by atoms with Gasteiger partial charge in [-0.1, -0.05) is 31.0 Å². The molecule has 1 aliphatic rings. The van der Waals surface area contributed by atoms with Gasteiger partial charge < -0.3 is 15.4 Å². The number of rotatable bonds is 10. The van der Waals surface area contributed by atoms with Crippen molar-refractivity contribution in [2.45, 2.75) is 44.9 Å². The number of nitriles is 1. The molecule has 2 heterocycles. The quantitative estimate of drug-likeness (QED) is 0.355. The highest BCUT2D eigenvalue weighted by molar-refractivity contribution is 5.69. The number of nitrogens with one attached hydrogen (secondary N) is 3. The van der Waals surface area contributed by atoms with Crippen LogP contribution in [0.25, 0.3) is 17.0 Å². The third kappa shape index (κ3) is 6.46. The minimum atomic E-state index is 0.326. The molecule has 1 fully saturated rings. The summed E-state index contributed by atoms with van der Waals surface area (Å²) in [4.78, 5) is 13.9. The predicted octanol–water partition coefficient (Wildman–Crippen LogP) is 5.03. The van der Waals surface area contributed by atoms with Crippen LogP contribution in [-0.2, 0) is 17.9 Å². The summed E-state index contributed by atoms with van der Waals surface area (Å²) < 4.78 is 5.15. The number of benzene rings is 1. The van der Waals surface area contributed by atoms with Crippen molar-refractivity contribution in [1.29, 1.82) is 10.8 Å². The molecule has 0 spiro atoms. The van der Waals surface area contributed by atoms with Crippen LogP contribution in [0.1, 0.15) is 48.3 Å². The lowest BCUT2D eigenvalue weighted by Crippen LogP contribution is -2.17. The van der Waals surface area contributed by atoms with Gasteiger partial charge in [-0.25, -0.2) is 15.5 Å². The van der Waals surface area contributed by atoms with E-state index in [0.29, 0.717) is 47.8 Å². The topological polar surface area (TPSA) is 132 Å². The van der Waals surface area contributed by atoms with Crippen LogP contribution in [0.2, 0.25) is 0 Å². The van der Waals surface area contributed by atoms with E-state index in [9.17, 15) is 5.26 Å². The lowest BCUT2D eigenvalue weighted by Gasteiger charge is -2.14. The maximum atomic E-state index is 9.31. The van der Waals surface area contributed by atoms with E-state index in [4.69, 9.17) is 15.3 Å². The number of nitrogens with zero attached hydrogens (tertiary/aromatic N) is 5. The second kappa shape index (κ2) is 11.8. The summed E-state index contributed by atoms with van der Waals surface area (Å²) in [6, 6.07) is 17.4. The number of methoxy groups -OCH3 is 1. The molecule has 3 aromatic rings. The Labute approximate surface area is 204 Å². The molecule has 9 nitrogen and oxygen atoms in total. The molecule has 35 heavy (non-hydrogen) atoms. The lowest BCUT2D eigenvalue weighted by atomic mass is 10.1. The number of anilines is 1. The number of ether oxygens (including phenoxy) is 1. The van der Waals surface area contributed by atoms with E-state index < -0.39 is 0 Å². The molecule has 9 heteroatoms. The van der Waals surface area contributed by atoms with Crippen LogP contribution >= 0.6 is 0 Å². The molecule has 0 bridgehead atoms. The highest BCUT2D eigenvalue weighted by Gasteiger charge is 2.18. The van der Waals surface area contributed by atoms with Gasteiger partial charge in [0.25, 0.3) is 0 Å². The lowest BCUT2D eigenvalue weighted by molar-refractivity contribution is 0.181. The molecule has 1 saturated carbocycles. The third-order valence-corrected chi connectivity index (χ3v) is 5.76. The SMILES string of the molecule is COCc1cccc(CN/C=C(\N=N)c2cc(-c3cccc(C#N)c3)nc(NC3CCCC3)n2)n1. The summed E-state index contributed by atoms with van der Waals surface area (Å²) in [6.45, 7) is 0.913. The number of aromatic nitrogens is 3. The summed E-state index contributed by atoms with van der Waals surface area (Å²) in [6.07, 6.45) is 6.19. The Morgan fingerprint density at radius 3 is 2.71 bits per heavy atom. The van der Waals surface area contributed by atoms with Gasteiger partial charge in [-0.15, -0.1) is 0 Å². The van der Waals surface area contributed by atoms with Gasteiger partial charge in [0.15, 0.2) is 0 Å². The van der Waals surface area contributed by atoms with Crippen molar-refractivity contribution < 1.29 is 4.74 Å².